The topological polar surface area (TPSA) is 52.6 Å². The SMILES string of the molecule is O=C1NC(c2cccc(F)c2)CN1CCCO. The Labute approximate surface area is 99.0 Å². The van der Waals surface area contributed by atoms with Crippen LogP contribution in [0.4, 0.5) is 9.18 Å². The molecule has 92 valence electrons. The highest BCUT2D eigenvalue weighted by Gasteiger charge is 2.29. The van der Waals surface area contributed by atoms with Gasteiger partial charge in [-0.2, -0.15) is 0 Å². The summed E-state index contributed by atoms with van der Waals surface area (Å²) in [5, 5.41) is 11.5. The predicted molar refractivity (Wildman–Crippen MR) is 60.9 cm³/mol. The Hall–Kier alpha value is -1.62. The van der Waals surface area contributed by atoms with E-state index in [9.17, 15) is 9.18 Å². The first-order chi connectivity index (χ1) is 8.20. The molecule has 1 atom stereocenters. The molecular weight excluding hydrogens is 223 g/mol. The summed E-state index contributed by atoms with van der Waals surface area (Å²) in [5.41, 5.74) is 0.768. The van der Waals surface area contributed by atoms with E-state index in [1.54, 1.807) is 17.0 Å². The highest BCUT2D eigenvalue weighted by atomic mass is 19.1. The lowest BCUT2D eigenvalue weighted by Crippen LogP contribution is -2.29. The fourth-order valence-electron chi connectivity index (χ4n) is 1.96. The summed E-state index contributed by atoms with van der Waals surface area (Å²) in [5.74, 6) is -0.300. The zero-order chi connectivity index (χ0) is 12.3. The van der Waals surface area contributed by atoms with E-state index in [0.717, 1.165) is 5.56 Å². The first kappa shape index (κ1) is 11.9. The number of rotatable bonds is 4. The highest BCUT2D eigenvalue weighted by Crippen LogP contribution is 2.20. The van der Waals surface area contributed by atoms with Crippen LogP contribution in [0.15, 0.2) is 24.3 Å². The number of urea groups is 1. The van der Waals surface area contributed by atoms with Gasteiger partial charge >= 0.3 is 6.03 Å². The number of hydrogen-bond donors (Lipinski definition) is 2. The van der Waals surface area contributed by atoms with Crippen molar-refractivity contribution in [1.82, 2.24) is 10.2 Å². The van der Waals surface area contributed by atoms with Crippen LogP contribution in [0.3, 0.4) is 0 Å². The summed E-state index contributed by atoms with van der Waals surface area (Å²) in [6, 6.07) is 5.91. The summed E-state index contributed by atoms with van der Waals surface area (Å²) in [6.45, 7) is 1.10. The molecule has 5 heteroatoms. The van der Waals surface area contributed by atoms with E-state index in [0.29, 0.717) is 19.5 Å². The molecule has 1 aliphatic rings. The predicted octanol–water partition coefficient (Wildman–Crippen LogP) is 1.27. The number of nitrogens with zero attached hydrogens (tertiary/aromatic N) is 1. The summed E-state index contributed by atoms with van der Waals surface area (Å²) in [4.78, 5) is 13.2. The molecule has 1 saturated heterocycles. The number of benzene rings is 1. The standard InChI is InChI=1S/C12H15FN2O2/c13-10-4-1-3-9(7-10)11-8-15(5-2-6-16)12(17)14-11/h1,3-4,7,11,16H,2,5-6,8H2,(H,14,17). The second-order valence-corrected chi connectivity index (χ2v) is 4.08. The van der Waals surface area contributed by atoms with E-state index in [1.165, 1.54) is 12.1 Å². The lowest BCUT2D eigenvalue weighted by Gasteiger charge is -2.13. The van der Waals surface area contributed by atoms with Crippen LogP contribution in [0.25, 0.3) is 0 Å². The lowest BCUT2D eigenvalue weighted by atomic mass is 10.1. The molecule has 2 amide bonds. The van der Waals surface area contributed by atoms with Gasteiger partial charge in [-0.3, -0.25) is 0 Å². The molecule has 2 rings (SSSR count). The van der Waals surface area contributed by atoms with Crippen molar-refractivity contribution in [3.8, 4) is 0 Å². The Morgan fingerprint density at radius 2 is 2.35 bits per heavy atom. The van der Waals surface area contributed by atoms with Gasteiger partial charge in [0, 0.05) is 19.7 Å². The molecule has 17 heavy (non-hydrogen) atoms. The van der Waals surface area contributed by atoms with Crippen molar-refractivity contribution in [2.75, 3.05) is 19.7 Å². The average molecular weight is 238 g/mol. The molecule has 0 saturated carbocycles. The summed E-state index contributed by atoms with van der Waals surface area (Å²) in [6.07, 6.45) is 0.559. The Bertz CT molecular complexity index is 411. The minimum Gasteiger partial charge on any atom is -0.396 e. The third-order valence-electron chi connectivity index (χ3n) is 2.83. The molecule has 1 aromatic rings. The number of aliphatic hydroxyl groups excluding tert-OH is 1. The molecule has 1 aliphatic heterocycles. The fourth-order valence-corrected chi connectivity index (χ4v) is 1.96. The molecule has 2 N–H and O–H groups in total. The van der Waals surface area contributed by atoms with Crippen molar-refractivity contribution in [3.05, 3.63) is 35.6 Å². The van der Waals surface area contributed by atoms with Crippen LogP contribution in [-0.2, 0) is 0 Å². The van der Waals surface area contributed by atoms with Crippen LogP contribution in [0.1, 0.15) is 18.0 Å². The Morgan fingerprint density at radius 3 is 3.06 bits per heavy atom. The minimum absolute atomic E-state index is 0.0639. The van der Waals surface area contributed by atoms with E-state index in [-0.39, 0.29) is 24.5 Å². The number of halogens is 1. The van der Waals surface area contributed by atoms with Gasteiger partial charge in [-0.1, -0.05) is 12.1 Å². The first-order valence-electron chi connectivity index (χ1n) is 5.62. The molecule has 1 fully saturated rings. The van der Waals surface area contributed by atoms with Gasteiger partial charge in [-0.05, 0) is 24.1 Å². The average Bonchev–Trinajstić information content (AvgIpc) is 2.68. The van der Waals surface area contributed by atoms with E-state index >= 15 is 0 Å². The third-order valence-corrected chi connectivity index (χ3v) is 2.83. The lowest BCUT2D eigenvalue weighted by molar-refractivity contribution is 0.209. The summed E-state index contributed by atoms with van der Waals surface area (Å²) in [7, 11) is 0. The van der Waals surface area contributed by atoms with Crippen LogP contribution in [-0.4, -0.2) is 35.7 Å². The van der Waals surface area contributed by atoms with E-state index in [4.69, 9.17) is 5.11 Å². The maximum Gasteiger partial charge on any atom is 0.318 e. The molecule has 1 unspecified atom stereocenters. The van der Waals surface area contributed by atoms with Crippen molar-refractivity contribution in [1.29, 1.82) is 0 Å². The van der Waals surface area contributed by atoms with Crippen LogP contribution >= 0.6 is 0 Å². The van der Waals surface area contributed by atoms with Gasteiger partial charge in [0.2, 0.25) is 0 Å². The second-order valence-electron chi connectivity index (χ2n) is 4.08. The normalized spacial score (nSPS) is 19.5. The number of carbonyl (C=O) groups is 1. The number of hydrogen-bond acceptors (Lipinski definition) is 2. The van der Waals surface area contributed by atoms with Crippen molar-refractivity contribution in [2.45, 2.75) is 12.5 Å². The van der Waals surface area contributed by atoms with Gasteiger partial charge in [0.25, 0.3) is 0 Å². The van der Waals surface area contributed by atoms with E-state index in [2.05, 4.69) is 5.32 Å². The van der Waals surface area contributed by atoms with Crippen LogP contribution in [0.5, 0.6) is 0 Å². The first-order valence-corrected chi connectivity index (χ1v) is 5.62. The van der Waals surface area contributed by atoms with Crippen molar-refractivity contribution >= 4 is 6.03 Å². The molecule has 0 aromatic heterocycles. The monoisotopic (exact) mass is 238 g/mol. The largest absolute Gasteiger partial charge is 0.396 e. The van der Waals surface area contributed by atoms with Gasteiger partial charge in [0.05, 0.1) is 6.04 Å². The van der Waals surface area contributed by atoms with Gasteiger partial charge in [-0.25, -0.2) is 9.18 Å². The molecule has 1 aromatic carbocycles. The number of nitrogens with one attached hydrogen (secondary N) is 1. The number of carbonyl (C=O) groups excluding carboxylic acids is 1. The Morgan fingerprint density at radius 1 is 1.53 bits per heavy atom. The van der Waals surface area contributed by atoms with Crippen LogP contribution in [0.2, 0.25) is 0 Å². The summed E-state index contributed by atoms with van der Waals surface area (Å²) < 4.78 is 13.1. The van der Waals surface area contributed by atoms with Gasteiger partial charge in [0.1, 0.15) is 5.82 Å². The molecule has 4 nitrogen and oxygen atoms in total. The van der Waals surface area contributed by atoms with Crippen molar-refractivity contribution < 1.29 is 14.3 Å². The van der Waals surface area contributed by atoms with E-state index in [1.807, 2.05) is 0 Å². The fraction of sp³-hybridized carbons (Fsp3) is 0.417. The molecule has 1 heterocycles. The minimum atomic E-state index is -0.300. The van der Waals surface area contributed by atoms with Crippen LogP contribution < -0.4 is 5.32 Å². The number of aliphatic hydroxyl groups is 1. The highest BCUT2D eigenvalue weighted by molar-refractivity contribution is 5.77. The molecular formula is C12H15FN2O2. The molecule has 0 bridgehead atoms. The summed E-state index contributed by atoms with van der Waals surface area (Å²) >= 11 is 0. The molecule has 0 radical (unpaired) electrons. The van der Waals surface area contributed by atoms with Crippen molar-refractivity contribution in [3.63, 3.8) is 0 Å². The van der Waals surface area contributed by atoms with Crippen LogP contribution in [0, 0.1) is 5.82 Å². The van der Waals surface area contributed by atoms with Crippen molar-refractivity contribution in [2.24, 2.45) is 0 Å². The van der Waals surface area contributed by atoms with Gasteiger partial charge < -0.3 is 15.3 Å². The Kier molecular flexibility index (Phi) is 3.58. The maximum absolute atomic E-state index is 13.1. The van der Waals surface area contributed by atoms with Gasteiger partial charge in [-0.15, -0.1) is 0 Å². The molecule has 0 spiro atoms. The third kappa shape index (κ3) is 2.74. The van der Waals surface area contributed by atoms with Gasteiger partial charge in [0.15, 0.2) is 0 Å². The zero-order valence-corrected chi connectivity index (χ0v) is 9.40. The second kappa shape index (κ2) is 5.14. The Balaban J connectivity index is 2.03. The molecule has 0 aliphatic carbocycles. The quantitative estimate of drug-likeness (QED) is 0.830. The zero-order valence-electron chi connectivity index (χ0n) is 9.40. The number of amides is 2. The smallest absolute Gasteiger partial charge is 0.318 e. The van der Waals surface area contributed by atoms with E-state index < -0.39 is 0 Å². The maximum atomic E-state index is 13.1.